The van der Waals surface area contributed by atoms with Crippen molar-refractivity contribution in [2.24, 2.45) is 0 Å². The third-order valence-corrected chi connectivity index (χ3v) is 3.64. The molecule has 5 heteroatoms. The number of methoxy groups -OCH3 is 1. The average Bonchev–Trinajstić information content (AvgIpc) is 2.62. The summed E-state index contributed by atoms with van der Waals surface area (Å²) in [6.45, 7) is 1.75. The Balaban J connectivity index is 2.00. The molecule has 0 saturated carbocycles. The fourth-order valence-corrected chi connectivity index (χ4v) is 2.33. The van der Waals surface area contributed by atoms with E-state index in [1.54, 1.807) is 6.92 Å². The molecule has 1 amide bonds. The van der Waals surface area contributed by atoms with Gasteiger partial charge in [0, 0.05) is 12.1 Å². The van der Waals surface area contributed by atoms with Crippen molar-refractivity contribution in [1.82, 2.24) is 5.32 Å². The maximum Gasteiger partial charge on any atom is 0.328 e. The lowest BCUT2D eigenvalue weighted by Crippen LogP contribution is -2.48. The Labute approximate surface area is 142 Å². The largest absolute Gasteiger partial charge is 0.467 e. The van der Waals surface area contributed by atoms with Crippen LogP contribution in [0.4, 0.5) is 5.69 Å². The minimum absolute atomic E-state index is 0.259. The highest BCUT2D eigenvalue weighted by Gasteiger charge is 2.24. The average molecular weight is 326 g/mol. The Morgan fingerprint density at radius 1 is 1.00 bits per heavy atom. The summed E-state index contributed by atoms with van der Waals surface area (Å²) in [5, 5.41) is 5.86. The van der Waals surface area contributed by atoms with Gasteiger partial charge in [0.15, 0.2) is 0 Å². The molecule has 0 radical (unpaired) electrons. The molecule has 2 N–H and O–H groups in total. The first-order chi connectivity index (χ1) is 11.6. The molecule has 0 saturated heterocycles. The summed E-state index contributed by atoms with van der Waals surface area (Å²) in [6.07, 6.45) is 0.386. The number of benzene rings is 2. The summed E-state index contributed by atoms with van der Waals surface area (Å²) < 4.78 is 4.81. The van der Waals surface area contributed by atoms with Gasteiger partial charge in [0.2, 0.25) is 5.91 Å². The fourth-order valence-electron chi connectivity index (χ4n) is 2.33. The Hall–Kier alpha value is -2.82. The first kappa shape index (κ1) is 17.5. The van der Waals surface area contributed by atoms with Gasteiger partial charge in [-0.15, -0.1) is 0 Å². The summed E-state index contributed by atoms with van der Waals surface area (Å²) in [5.41, 5.74) is 1.80. The summed E-state index contributed by atoms with van der Waals surface area (Å²) in [5.74, 6) is -0.718. The molecule has 0 aliphatic rings. The van der Waals surface area contributed by atoms with Crippen LogP contribution in [-0.2, 0) is 20.7 Å². The highest BCUT2D eigenvalue weighted by molar-refractivity contribution is 5.89. The van der Waals surface area contributed by atoms with Crippen LogP contribution in [0.1, 0.15) is 12.5 Å². The van der Waals surface area contributed by atoms with Crippen LogP contribution in [-0.4, -0.2) is 31.1 Å². The monoisotopic (exact) mass is 326 g/mol. The maximum atomic E-state index is 12.4. The van der Waals surface area contributed by atoms with Gasteiger partial charge in [-0.05, 0) is 24.6 Å². The van der Waals surface area contributed by atoms with Crippen molar-refractivity contribution in [2.45, 2.75) is 25.4 Å². The molecule has 0 aliphatic carbocycles. The fraction of sp³-hybridized carbons (Fsp3) is 0.263. The van der Waals surface area contributed by atoms with E-state index in [9.17, 15) is 9.59 Å². The van der Waals surface area contributed by atoms with E-state index < -0.39 is 18.1 Å². The molecule has 126 valence electrons. The van der Waals surface area contributed by atoms with Gasteiger partial charge < -0.3 is 15.4 Å². The van der Waals surface area contributed by atoms with Gasteiger partial charge in [-0.3, -0.25) is 4.79 Å². The van der Waals surface area contributed by atoms with Gasteiger partial charge in [-0.2, -0.15) is 0 Å². The SMILES string of the molecule is COC(=O)[C@H](Cc1ccccc1)NC(=O)[C@H](C)Nc1ccccc1. The predicted octanol–water partition coefficient (Wildman–Crippen LogP) is 2.39. The lowest BCUT2D eigenvalue weighted by atomic mass is 10.1. The second kappa shape index (κ2) is 8.72. The zero-order valence-electron chi connectivity index (χ0n) is 13.9. The molecule has 0 fully saturated rings. The number of rotatable bonds is 7. The second-order valence-corrected chi connectivity index (χ2v) is 5.51. The molecule has 24 heavy (non-hydrogen) atoms. The number of para-hydroxylation sites is 1. The number of carbonyl (C=O) groups is 2. The second-order valence-electron chi connectivity index (χ2n) is 5.51. The van der Waals surface area contributed by atoms with Crippen molar-refractivity contribution in [3.05, 3.63) is 66.2 Å². The molecule has 0 aromatic heterocycles. The molecule has 0 bridgehead atoms. The van der Waals surface area contributed by atoms with Crippen molar-refractivity contribution in [3.8, 4) is 0 Å². The van der Waals surface area contributed by atoms with Gasteiger partial charge in [-0.25, -0.2) is 4.79 Å². The van der Waals surface area contributed by atoms with E-state index in [2.05, 4.69) is 10.6 Å². The third kappa shape index (κ3) is 5.12. The van der Waals surface area contributed by atoms with Crippen LogP contribution in [0.3, 0.4) is 0 Å². The molecule has 0 heterocycles. The number of ether oxygens (including phenoxy) is 1. The highest BCUT2D eigenvalue weighted by Crippen LogP contribution is 2.08. The number of esters is 1. The van der Waals surface area contributed by atoms with Crippen LogP contribution in [0.2, 0.25) is 0 Å². The standard InChI is InChI=1S/C19H22N2O3/c1-14(20-16-11-7-4-8-12-16)18(22)21-17(19(23)24-2)13-15-9-5-3-6-10-15/h3-12,14,17,20H,13H2,1-2H3,(H,21,22)/t14-,17-/m0/s1. The number of hydrogen-bond donors (Lipinski definition) is 2. The Bertz CT molecular complexity index is 659. The first-order valence-corrected chi connectivity index (χ1v) is 7.84. The number of carbonyl (C=O) groups excluding carboxylic acids is 2. The van der Waals surface area contributed by atoms with Crippen molar-refractivity contribution < 1.29 is 14.3 Å². The molecule has 2 atom stereocenters. The molecule has 0 unspecified atom stereocenters. The lowest BCUT2D eigenvalue weighted by molar-refractivity contribution is -0.145. The number of hydrogen-bond acceptors (Lipinski definition) is 4. The number of anilines is 1. The van der Waals surface area contributed by atoms with Gasteiger partial charge in [0.1, 0.15) is 12.1 Å². The zero-order chi connectivity index (χ0) is 17.4. The molecular weight excluding hydrogens is 304 g/mol. The Kier molecular flexibility index (Phi) is 6.37. The van der Waals surface area contributed by atoms with Gasteiger partial charge in [0.25, 0.3) is 0 Å². The van der Waals surface area contributed by atoms with Gasteiger partial charge in [-0.1, -0.05) is 48.5 Å². The molecule has 5 nitrogen and oxygen atoms in total. The van der Waals surface area contributed by atoms with Crippen LogP contribution in [0, 0.1) is 0 Å². The third-order valence-electron chi connectivity index (χ3n) is 3.64. The zero-order valence-corrected chi connectivity index (χ0v) is 13.9. The number of nitrogens with one attached hydrogen (secondary N) is 2. The smallest absolute Gasteiger partial charge is 0.328 e. The maximum absolute atomic E-state index is 12.4. The lowest BCUT2D eigenvalue weighted by Gasteiger charge is -2.20. The van der Waals surface area contributed by atoms with Crippen molar-refractivity contribution in [1.29, 1.82) is 0 Å². The minimum atomic E-state index is -0.718. The van der Waals surface area contributed by atoms with E-state index in [1.807, 2.05) is 60.7 Å². The van der Waals surface area contributed by atoms with Crippen LogP contribution < -0.4 is 10.6 Å². The molecular formula is C19H22N2O3. The van der Waals surface area contributed by atoms with Crippen molar-refractivity contribution in [2.75, 3.05) is 12.4 Å². The van der Waals surface area contributed by atoms with E-state index in [0.717, 1.165) is 11.3 Å². The van der Waals surface area contributed by atoms with Gasteiger partial charge in [0.05, 0.1) is 7.11 Å². The van der Waals surface area contributed by atoms with E-state index in [1.165, 1.54) is 7.11 Å². The van der Waals surface area contributed by atoms with Crippen molar-refractivity contribution in [3.63, 3.8) is 0 Å². The summed E-state index contributed by atoms with van der Waals surface area (Å²) in [7, 11) is 1.32. The predicted molar refractivity (Wildman–Crippen MR) is 93.6 cm³/mol. The normalized spacial score (nSPS) is 12.8. The summed E-state index contributed by atoms with van der Waals surface area (Å²) in [6, 6.07) is 17.8. The minimum Gasteiger partial charge on any atom is -0.467 e. The van der Waals surface area contributed by atoms with E-state index in [0.29, 0.717) is 6.42 Å². The van der Waals surface area contributed by atoms with Gasteiger partial charge >= 0.3 is 5.97 Å². The Morgan fingerprint density at radius 3 is 2.17 bits per heavy atom. The first-order valence-electron chi connectivity index (χ1n) is 7.84. The van der Waals surface area contributed by atoms with Crippen molar-refractivity contribution >= 4 is 17.6 Å². The van der Waals surface area contributed by atoms with Crippen LogP contribution >= 0.6 is 0 Å². The topological polar surface area (TPSA) is 67.4 Å². The summed E-state index contributed by atoms with van der Waals surface area (Å²) >= 11 is 0. The molecule has 2 rings (SSSR count). The highest BCUT2D eigenvalue weighted by atomic mass is 16.5. The summed E-state index contributed by atoms with van der Waals surface area (Å²) in [4.78, 5) is 24.4. The quantitative estimate of drug-likeness (QED) is 0.767. The molecule has 0 spiro atoms. The Morgan fingerprint density at radius 2 is 1.58 bits per heavy atom. The van der Waals surface area contributed by atoms with E-state index in [4.69, 9.17) is 4.74 Å². The molecule has 2 aromatic rings. The van der Waals surface area contributed by atoms with E-state index >= 15 is 0 Å². The van der Waals surface area contributed by atoms with E-state index in [-0.39, 0.29) is 5.91 Å². The van der Waals surface area contributed by atoms with Crippen LogP contribution in [0.15, 0.2) is 60.7 Å². The molecule has 0 aliphatic heterocycles. The van der Waals surface area contributed by atoms with Crippen LogP contribution in [0.25, 0.3) is 0 Å². The molecule has 2 aromatic carbocycles. The van der Waals surface area contributed by atoms with Crippen LogP contribution in [0.5, 0.6) is 0 Å². The number of amides is 1.